The average Bonchev–Trinajstić information content (AvgIpc) is 2.67. The Labute approximate surface area is 152 Å². The van der Waals surface area contributed by atoms with E-state index in [0.29, 0.717) is 29.4 Å². The van der Waals surface area contributed by atoms with E-state index in [0.717, 1.165) is 5.56 Å². The second-order valence-corrected chi connectivity index (χ2v) is 5.33. The van der Waals surface area contributed by atoms with Gasteiger partial charge in [-0.25, -0.2) is 0 Å². The number of amides is 2. The van der Waals surface area contributed by atoms with Crippen molar-refractivity contribution in [2.75, 3.05) is 26.1 Å². The van der Waals surface area contributed by atoms with Crippen molar-refractivity contribution >= 4 is 23.6 Å². The van der Waals surface area contributed by atoms with E-state index in [-0.39, 0.29) is 11.8 Å². The number of rotatable bonds is 7. The van der Waals surface area contributed by atoms with Gasteiger partial charge in [0.1, 0.15) is 0 Å². The summed E-state index contributed by atoms with van der Waals surface area (Å²) in [7, 11) is 3.12. The van der Waals surface area contributed by atoms with Crippen LogP contribution in [0.5, 0.6) is 11.5 Å². The summed E-state index contributed by atoms with van der Waals surface area (Å²) in [6.45, 7) is 2.44. The van der Waals surface area contributed by atoms with Gasteiger partial charge in [0, 0.05) is 24.4 Å². The Kier molecular flexibility index (Phi) is 6.79. The molecule has 0 aliphatic heterocycles. The van der Waals surface area contributed by atoms with E-state index in [1.165, 1.54) is 6.08 Å². The molecule has 0 heterocycles. The van der Waals surface area contributed by atoms with Gasteiger partial charge in [0.05, 0.1) is 13.7 Å². The zero-order valence-electron chi connectivity index (χ0n) is 15.0. The quantitative estimate of drug-likeness (QED) is 0.749. The van der Waals surface area contributed by atoms with Crippen LogP contribution in [0.25, 0.3) is 6.08 Å². The Morgan fingerprint density at radius 2 is 1.92 bits per heavy atom. The van der Waals surface area contributed by atoms with Crippen LogP contribution in [-0.2, 0) is 4.79 Å². The Balaban J connectivity index is 2.07. The standard InChI is InChI=1S/C20H22N2O4/c1-4-26-17-10-8-14(12-18(17)25-3)9-11-19(23)22-16-7-5-6-15(13-16)20(24)21-2/h5-13H,4H2,1-3H3,(H,21,24)(H,22,23)/b11-9+. The van der Waals surface area contributed by atoms with Crippen molar-refractivity contribution in [3.05, 3.63) is 59.7 Å². The highest BCUT2D eigenvalue weighted by molar-refractivity contribution is 6.03. The van der Waals surface area contributed by atoms with E-state index in [9.17, 15) is 9.59 Å². The maximum absolute atomic E-state index is 12.1. The van der Waals surface area contributed by atoms with Gasteiger partial charge >= 0.3 is 0 Å². The SMILES string of the molecule is CCOc1ccc(/C=C/C(=O)Nc2cccc(C(=O)NC)c2)cc1OC. The topological polar surface area (TPSA) is 76.7 Å². The van der Waals surface area contributed by atoms with Gasteiger partial charge in [0.2, 0.25) is 5.91 Å². The van der Waals surface area contributed by atoms with Crippen molar-refractivity contribution in [3.63, 3.8) is 0 Å². The molecule has 0 saturated carbocycles. The Morgan fingerprint density at radius 3 is 2.62 bits per heavy atom. The van der Waals surface area contributed by atoms with Crippen LogP contribution in [0.15, 0.2) is 48.5 Å². The van der Waals surface area contributed by atoms with Crippen LogP contribution < -0.4 is 20.1 Å². The lowest BCUT2D eigenvalue weighted by Gasteiger charge is -2.09. The number of carbonyl (C=O) groups is 2. The van der Waals surface area contributed by atoms with Crippen molar-refractivity contribution in [1.82, 2.24) is 5.32 Å². The molecule has 0 unspecified atom stereocenters. The minimum Gasteiger partial charge on any atom is -0.493 e. The Morgan fingerprint density at radius 1 is 1.12 bits per heavy atom. The highest BCUT2D eigenvalue weighted by Gasteiger charge is 2.06. The monoisotopic (exact) mass is 354 g/mol. The van der Waals surface area contributed by atoms with E-state index >= 15 is 0 Å². The maximum Gasteiger partial charge on any atom is 0.251 e. The van der Waals surface area contributed by atoms with Gasteiger partial charge in [0.15, 0.2) is 11.5 Å². The van der Waals surface area contributed by atoms with Gasteiger partial charge in [-0.3, -0.25) is 9.59 Å². The van der Waals surface area contributed by atoms with Crippen LogP contribution in [0.2, 0.25) is 0 Å². The van der Waals surface area contributed by atoms with E-state index < -0.39 is 0 Å². The lowest BCUT2D eigenvalue weighted by Crippen LogP contribution is -2.18. The molecule has 0 spiro atoms. The lowest BCUT2D eigenvalue weighted by molar-refractivity contribution is -0.111. The number of methoxy groups -OCH3 is 1. The molecular weight excluding hydrogens is 332 g/mol. The summed E-state index contributed by atoms with van der Waals surface area (Å²) in [5.41, 5.74) is 1.83. The van der Waals surface area contributed by atoms with Crippen LogP contribution in [-0.4, -0.2) is 32.6 Å². The molecule has 26 heavy (non-hydrogen) atoms. The molecule has 0 aliphatic rings. The molecule has 136 valence electrons. The first-order valence-electron chi connectivity index (χ1n) is 8.19. The summed E-state index contributed by atoms with van der Waals surface area (Å²) in [6.07, 6.45) is 3.10. The number of benzene rings is 2. The molecule has 0 atom stereocenters. The molecule has 0 aliphatic carbocycles. The molecule has 0 aromatic heterocycles. The van der Waals surface area contributed by atoms with Crippen molar-refractivity contribution in [2.24, 2.45) is 0 Å². The summed E-state index contributed by atoms with van der Waals surface area (Å²) in [5.74, 6) is 0.750. The number of ether oxygens (including phenoxy) is 2. The molecular formula is C20H22N2O4. The lowest BCUT2D eigenvalue weighted by atomic mass is 10.1. The van der Waals surface area contributed by atoms with Crippen LogP contribution in [0, 0.1) is 0 Å². The first-order chi connectivity index (χ1) is 12.6. The van der Waals surface area contributed by atoms with Crippen molar-refractivity contribution in [1.29, 1.82) is 0 Å². The predicted octanol–water partition coefficient (Wildman–Crippen LogP) is 3.11. The molecule has 0 radical (unpaired) electrons. The highest BCUT2D eigenvalue weighted by Crippen LogP contribution is 2.28. The molecule has 6 heteroatoms. The molecule has 2 aromatic rings. The van der Waals surface area contributed by atoms with E-state index in [1.54, 1.807) is 56.6 Å². The molecule has 2 aromatic carbocycles. The normalized spacial score (nSPS) is 10.4. The Bertz CT molecular complexity index is 815. The van der Waals surface area contributed by atoms with E-state index in [1.807, 2.05) is 13.0 Å². The van der Waals surface area contributed by atoms with E-state index in [2.05, 4.69) is 10.6 Å². The third kappa shape index (κ3) is 5.11. The summed E-state index contributed by atoms with van der Waals surface area (Å²) >= 11 is 0. The predicted molar refractivity (Wildman–Crippen MR) is 102 cm³/mol. The van der Waals surface area contributed by atoms with Gasteiger partial charge in [-0.1, -0.05) is 12.1 Å². The van der Waals surface area contributed by atoms with Crippen molar-refractivity contribution in [3.8, 4) is 11.5 Å². The zero-order chi connectivity index (χ0) is 18.9. The fourth-order valence-corrected chi connectivity index (χ4v) is 2.30. The van der Waals surface area contributed by atoms with Crippen molar-refractivity contribution < 1.29 is 19.1 Å². The number of carbonyl (C=O) groups excluding carboxylic acids is 2. The second kappa shape index (κ2) is 9.27. The van der Waals surface area contributed by atoms with Gasteiger partial charge in [0.25, 0.3) is 5.91 Å². The first-order valence-corrected chi connectivity index (χ1v) is 8.19. The summed E-state index contributed by atoms with van der Waals surface area (Å²) < 4.78 is 10.8. The van der Waals surface area contributed by atoms with Gasteiger partial charge in [-0.2, -0.15) is 0 Å². The molecule has 2 rings (SSSR count). The molecule has 0 fully saturated rings. The fourth-order valence-electron chi connectivity index (χ4n) is 2.30. The number of hydrogen-bond donors (Lipinski definition) is 2. The molecule has 6 nitrogen and oxygen atoms in total. The van der Waals surface area contributed by atoms with Crippen LogP contribution in [0.1, 0.15) is 22.8 Å². The van der Waals surface area contributed by atoms with Gasteiger partial charge in [-0.05, 0) is 48.9 Å². The second-order valence-electron chi connectivity index (χ2n) is 5.33. The molecule has 2 N–H and O–H groups in total. The highest BCUT2D eigenvalue weighted by atomic mass is 16.5. The van der Waals surface area contributed by atoms with E-state index in [4.69, 9.17) is 9.47 Å². The average molecular weight is 354 g/mol. The zero-order valence-corrected chi connectivity index (χ0v) is 15.0. The largest absolute Gasteiger partial charge is 0.493 e. The summed E-state index contributed by atoms with van der Waals surface area (Å²) in [6, 6.07) is 12.2. The van der Waals surface area contributed by atoms with Crippen LogP contribution in [0.4, 0.5) is 5.69 Å². The third-order valence-electron chi connectivity index (χ3n) is 3.53. The molecule has 0 saturated heterocycles. The van der Waals surface area contributed by atoms with Crippen LogP contribution >= 0.6 is 0 Å². The minimum atomic E-state index is -0.299. The number of nitrogens with one attached hydrogen (secondary N) is 2. The molecule has 2 amide bonds. The Hall–Kier alpha value is -3.28. The fraction of sp³-hybridized carbons (Fsp3) is 0.200. The first kappa shape index (κ1) is 19.1. The summed E-state index contributed by atoms with van der Waals surface area (Å²) in [5, 5.41) is 5.28. The molecule has 0 bridgehead atoms. The minimum absolute atomic E-state index is 0.210. The van der Waals surface area contributed by atoms with Crippen molar-refractivity contribution in [2.45, 2.75) is 6.92 Å². The third-order valence-corrected chi connectivity index (χ3v) is 3.53. The number of hydrogen-bond acceptors (Lipinski definition) is 4. The number of anilines is 1. The summed E-state index contributed by atoms with van der Waals surface area (Å²) in [4.78, 5) is 23.7. The van der Waals surface area contributed by atoms with Crippen LogP contribution in [0.3, 0.4) is 0 Å². The van der Waals surface area contributed by atoms with Gasteiger partial charge < -0.3 is 20.1 Å². The smallest absolute Gasteiger partial charge is 0.251 e. The van der Waals surface area contributed by atoms with Gasteiger partial charge in [-0.15, -0.1) is 0 Å². The maximum atomic E-state index is 12.1.